The molecule has 1 aliphatic heterocycles. The third kappa shape index (κ3) is 4.62. The molecule has 1 fully saturated rings. The summed E-state index contributed by atoms with van der Waals surface area (Å²) in [5.41, 5.74) is -0.332. The van der Waals surface area contributed by atoms with E-state index in [4.69, 9.17) is 11.6 Å². The van der Waals surface area contributed by atoms with Crippen LogP contribution in [0.25, 0.3) is 0 Å². The van der Waals surface area contributed by atoms with Crippen molar-refractivity contribution in [3.8, 4) is 0 Å². The normalized spacial score (nSPS) is 17.4. The van der Waals surface area contributed by atoms with Gasteiger partial charge in [0, 0.05) is 43.1 Å². The van der Waals surface area contributed by atoms with E-state index in [0.717, 1.165) is 27.1 Å². The fraction of sp³-hybridized carbons (Fsp3) is 0.438. The molecule has 0 atom stereocenters. The standard InChI is InChI=1S/C16H17ClF3N3O2S2/c1-11-21-13(10-26-11)9-22-4-6-23(7-5-22)27(24,25)15-3-2-12(17)8-14(15)16(18,19)20/h2-3,8,10H,4-7,9H2,1H3. The van der Waals surface area contributed by atoms with E-state index in [9.17, 15) is 21.6 Å². The number of piperazine rings is 1. The number of halogens is 4. The van der Waals surface area contributed by atoms with Gasteiger partial charge in [0.15, 0.2) is 0 Å². The lowest BCUT2D eigenvalue weighted by Crippen LogP contribution is -2.48. The zero-order valence-corrected chi connectivity index (χ0v) is 16.7. The van der Waals surface area contributed by atoms with Crippen LogP contribution >= 0.6 is 22.9 Å². The van der Waals surface area contributed by atoms with Gasteiger partial charge in [0.1, 0.15) is 0 Å². The van der Waals surface area contributed by atoms with Gasteiger partial charge in [-0.25, -0.2) is 13.4 Å². The van der Waals surface area contributed by atoms with Gasteiger partial charge in [0.2, 0.25) is 10.0 Å². The Hall–Kier alpha value is -1.20. The summed E-state index contributed by atoms with van der Waals surface area (Å²) >= 11 is 7.18. The number of nitrogens with zero attached hydrogens (tertiary/aromatic N) is 3. The third-order valence-corrected chi connectivity index (χ3v) is 7.26. The van der Waals surface area contributed by atoms with Gasteiger partial charge >= 0.3 is 6.18 Å². The van der Waals surface area contributed by atoms with E-state index in [1.54, 1.807) is 0 Å². The largest absolute Gasteiger partial charge is 0.417 e. The molecule has 1 aromatic heterocycles. The monoisotopic (exact) mass is 439 g/mol. The maximum absolute atomic E-state index is 13.3. The van der Waals surface area contributed by atoms with Crippen LogP contribution in [0.2, 0.25) is 5.02 Å². The molecule has 1 aromatic carbocycles. The molecule has 0 radical (unpaired) electrons. The number of hydrogen-bond acceptors (Lipinski definition) is 5. The van der Waals surface area contributed by atoms with Crippen LogP contribution in [-0.4, -0.2) is 48.8 Å². The van der Waals surface area contributed by atoms with Crippen LogP contribution in [0, 0.1) is 6.92 Å². The zero-order chi connectivity index (χ0) is 19.8. The molecule has 0 saturated carbocycles. The van der Waals surface area contributed by atoms with Crippen molar-refractivity contribution in [1.82, 2.24) is 14.2 Å². The van der Waals surface area contributed by atoms with Crippen molar-refractivity contribution in [3.63, 3.8) is 0 Å². The van der Waals surface area contributed by atoms with Gasteiger partial charge in [-0.2, -0.15) is 17.5 Å². The highest BCUT2D eigenvalue weighted by atomic mass is 35.5. The van der Waals surface area contributed by atoms with Crippen molar-refractivity contribution >= 4 is 33.0 Å². The Morgan fingerprint density at radius 1 is 1.22 bits per heavy atom. The number of sulfonamides is 1. The Labute approximate surface area is 164 Å². The van der Waals surface area contributed by atoms with E-state index in [2.05, 4.69) is 4.98 Å². The molecule has 2 aromatic rings. The maximum Gasteiger partial charge on any atom is 0.417 e. The minimum Gasteiger partial charge on any atom is -0.295 e. The van der Waals surface area contributed by atoms with Crippen LogP contribution in [0.15, 0.2) is 28.5 Å². The summed E-state index contributed by atoms with van der Waals surface area (Å²) < 4.78 is 66.5. The Kier molecular flexibility index (Phi) is 5.83. The van der Waals surface area contributed by atoms with Gasteiger partial charge in [-0.05, 0) is 25.1 Å². The number of aromatic nitrogens is 1. The summed E-state index contributed by atoms with van der Waals surface area (Å²) in [7, 11) is -4.27. The SMILES string of the molecule is Cc1nc(CN2CCN(S(=O)(=O)c3ccc(Cl)cc3C(F)(F)F)CC2)cs1. The van der Waals surface area contributed by atoms with E-state index >= 15 is 0 Å². The molecular weight excluding hydrogens is 423 g/mol. The van der Waals surface area contributed by atoms with Crippen LogP contribution in [0.3, 0.4) is 0 Å². The molecular formula is C16H17ClF3N3O2S2. The minimum atomic E-state index is -4.81. The van der Waals surface area contributed by atoms with Crippen molar-refractivity contribution in [2.24, 2.45) is 0 Å². The summed E-state index contributed by atoms with van der Waals surface area (Å²) in [6.45, 7) is 3.57. The molecule has 11 heteroatoms. The number of alkyl halides is 3. The zero-order valence-electron chi connectivity index (χ0n) is 14.3. The minimum absolute atomic E-state index is 0.116. The van der Waals surface area contributed by atoms with Crippen molar-refractivity contribution in [3.05, 3.63) is 44.9 Å². The second kappa shape index (κ2) is 7.67. The van der Waals surface area contributed by atoms with Gasteiger partial charge in [-0.3, -0.25) is 4.90 Å². The van der Waals surface area contributed by atoms with Gasteiger partial charge in [0.25, 0.3) is 0 Å². The van der Waals surface area contributed by atoms with Crippen LogP contribution in [0.4, 0.5) is 13.2 Å². The molecule has 148 valence electrons. The molecule has 1 saturated heterocycles. The van der Waals surface area contributed by atoms with Crippen molar-refractivity contribution in [2.75, 3.05) is 26.2 Å². The first-order chi connectivity index (χ1) is 12.6. The smallest absolute Gasteiger partial charge is 0.295 e. The predicted molar refractivity (Wildman–Crippen MR) is 97.3 cm³/mol. The molecule has 0 N–H and O–H groups in total. The first-order valence-electron chi connectivity index (χ1n) is 8.07. The molecule has 2 heterocycles. The first-order valence-corrected chi connectivity index (χ1v) is 10.8. The molecule has 5 nitrogen and oxygen atoms in total. The molecule has 0 amide bonds. The Balaban J connectivity index is 1.76. The van der Waals surface area contributed by atoms with Gasteiger partial charge in [-0.15, -0.1) is 11.3 Å². The lowest BCUT2D eigenvalue weighted by atomic mass is 10.2. The average Bonchev–Trinajstić information content (AvgIpc) is 2.99. The van der Waals surface area contributed by atoms with Crippen LogP contribution in [0.1, 0.15) is 16.3 Å². The summed E-state index contributed by atoms with van der Waals surface area (Å²) in [5.74, 6) is 0. The molecule has 1 aliphatic rings. The quantitative estimate of drug-likeness (QED) is 0.730. The summed E-state index contributed by atoms with van der Waals surface area (Å²) in [6, 6.07) is 2.73. The Morgan fingerprint density at radius 3 is 2.44 bits per heavy atom. The summed E-state index contributed by atoms with van der Waals surface area (Å²) in [4.78, 5) is 5.65. The fourth-order valence-corrected chi connectivity index (χ4v) is 5.32. The second-order valence-corrected chi connectivity index (χ2v) is 9.58. The van der Waals surface area contributed by atoms with Crippen LogP contribution in [-0.2, 0) is 22.7 Å². The molecule has 3 rings (SSSR count). The average molecular weight is 440 g/mol. The summed E-state index contributed by atoms with van der Waals surface area (Å²) in [6.07, 6.45) is -4.81. The lowest BCUT2D eigenvalue weighted by molar-refractivity contribution is -0.139. The van der Waals surface area contributed by atoms with Gasteiger partial charge in [-0.1, -0.05) is 11.6 Å². The Bertz CT molecular complexity index is 923. The number of benzene rings is 1. The summed E-state index contributed by atoms with van der Waals surface area (Å²) in [5, 5.41) is 2.74. The van der Waals surface area contributed by atoms with E-state index in [1.807, 2.05) is 17.2 Å². The fourth-order valence-electron chi connectivity index (χ4n) is 2.93. The highest BCUT2D eigenvalue weighted by molar-refractivity contribution is 7.89. The first kappa shape index (κ1) is 20.5. The topological polar surface area (TPSA) is 53.5 Å². The lowest BCUT2D eigenvalue weighted by Gasteiger charge is -2.34. The maximum atomic E-state index is 13.3. The number of thiazole rings is 1. The van der Waals surface area contributed by atoms with E-state index in [0.29, 0.717) is 25.7 Å². The van der Waals surface area contributed by atoms with E-state index in [-0.39, 0.29) is 18.1 Å². The second-order valence-electron chi connectivity index (χ2n) is 6.18. The highest BCUT2D eigenvalue weighted by Crippen LogP contribution is 2.37. The molecule has 0 bridgehead atoms. The van der Waals surface area contributed by atoms with Crippen LogP contribution < -0.4 is 0 Å². The van der Waals surface area contributed by atoms with Crippen molar-refractivity contribution < 1.29 is 21.6 Å². The highest BCUT2D eigenvalue weighted by Gasteiger charge is 2.40. The number of aryl methyl sites for hydroxylation is 1. The van der Waals surface area contributed by atoms with Crippen LogP contribution in [0.5, 0.6) is 0 Å². The van der Waals surface area contributed by atoms with Gasteiger partial charge < -0.3 is 0 Å². The predicted octanol–water partition coefficient (Wildman–Crippen LogP) is 3.63. The van der Waals surface area contributed by atoms with Crippen molar-refractivity contribution in [1.29, 1.82) is 0 Å². The van der Waals surface area contributed by atoms with E-state index < -0.39 is 26.7 Å². The molecule has 0 unspecified atom stereocenters. The van der Waals surface area contributed by atoms with E-state index in [1.165, 1.54) is 11.3 Å². The number of rotatable bonds is 4. The molecule has 0 aliphatic carbocycles. The molecule has 0 spiro atoms. The number of hydrogen-bond donors (Lipinski definition) is 0. The molecule has 27 heavy (non-hydrogen) atoms. The van der Waals surface area contributed by atoms with Gasteiger partial charge in [0.05, 0.1) is 21.2 Å². The van der Waals surface area contributed by atoms with Crippen molar-refractivity contribution in [2.45, 2.75) is 24.5 Å². The third-order valence-electron chi connectivity index (χ3n) is 4.25. The Morgan fingerprint density at radius 2 is 1.89 bits per heavy atom.